The molecule has 0 bridgehead atoms. The Labute approximate surface area is 194 Å². The van der Waals surface area contributed by atoms with Gasteiger partial charge >= 0.3 is 0 Å². The van der Waals surface area contributed by atoms with Crippen LogP contribution >= 0.6 is 0 Å². The molecule has 1 aliphatic rings. The smallest absolute Gasteiger partial charge is 0.0653 e. The van der Waals surface area contributed by atoms with Crippen LogP contribution in [0, 0.1) is 5.92 Å². The molecule has 0 aliphatic heterocycles. The van der Waals surface area contributed by atoms with Gasteiger partial charge in [0.2, 0.25) is 0 Å². The van der Waals surface area contributed by atoms with Gasteiger partial charge in [-0.25, -0.2) is 0 Å². The second kappa shape index (κ2) is 14.7. The number of hydrogen-bond donors (Lipinski definition) is 1. The third-order valence-electron chi connectivity index (χ3n) is 6.81. The molecule has 0 fully saturated rings. The van der Waals surface area contributed by atoms with E-state index in [1.54, 1.807) is 0 Å². The molecule has 1 N–H and O–H groups in total. The van der Waals surface area contributed by atoms with Crippen LogP contribution in [0.5, 0.6) is 0 Å². The lowest BCUT2D eigenvalue weighted by molar-refractivity contribution is -0.0105. The lowest BCUT2D eigenvalue weighted by atomic mass is 9.78. The zero-order valence-electron chi connectivity index (χ0n) is 21.7. The highest BCUT2D eigenvalue weighted by molar-refractivity contribution is 5.08. The van der Waals surface area contributed by atoms with E-state index >= 15 is 0 Å². The highest BCUT2D eigenvalue weighted by Crippen LogP contribution is 2.32. The van der Waals surface area contributed by atoms with E-state index in [0.29, 0.717) is 5.92 Å². The van der Waals surface area contributed by atoms with E-state index in [-0.39, 0.29) is 0 Å². The van der Waals surface area contributed by atoms with E-state index in [2.05, 4.69) is 78.8 Å². The fourth-order valence-electron chi connectivity index (χ4n) is 4.33. The Morgan fingerprint density at radius 3 is 2.10 bits per heavy atom. The van der Waals surface area contributed by atoms with Gasteiger partial charge in [-0.15, -0.1) is 0 Å². The van der Waals surface area contributed by atoms with Crippen molar-refractivity contribution in [3.8, 4) is 0 Å². The minimum absolute atomic E-state index is 0.311. The van der Waals surface area contributed by atoms with Crippen molar-refractivity contribution in [3.63, 3.8) is 0 Å². The minimum atomic E-state index is -0.624. The molecule has 0 saturated carbocycles. The molecule has 1 nitrogen and oxygen atoms in total. The Kier molecular flexibility index (Phi) is 13.1. The van der Waals surface area contributed by atoms with Gasteiger partial charge in [0, 0.05) is 0 Å². The molecule has 0 spiro atoms. The van der Waals surface area contributed by atoms with Crippen molar-refractivity contribution in [2.45, 2.75) is 125 Å². The lowest BCUT2D eigenvalue weighted by Gasteiger charge is -2.33. The summed E-state index contributed by atoms with van der Waals surface area (Å²) in [4.78, 5) is 0. The summed E-state index contributed by atoms with van der Waals surface area (Å²) in [5.41, 5.74) is 6.66. The van der Waals surface area contributed by atoms with Crippen molar-refractivity contribution < 1.29 is 5.11 Å². The van der Waals surface area contributed by atoms with E-state index in [1.807, 2.05) is 0 Å². The third kappa shape index (κ3) is 13.0. The molecule has 176 valence electrons. The average molecular weight is 427 g/mol. The van der Waals surface area contributed by atoms with E-state index < -0.39 is 5.60 Å². The Morgan fingerprint density at radius 1 is 0.903 bits per heavy atom. The van der Waals surface area contributed by atoms with Crippen LogP contribution in [-0.2, 0) is 0 Å². The normalized spacial score (nSPS) is 26.9. The van der Waals surface area contributed by atoms with Crippen LogP contribution in [0.4, 0.5) is 0 Å². The number of aliphatic hydroxyl groups is 1. The van der Waals surface area contributed by atoms with Crippen LogP contribution in [0.1, 0.15) is 119 Å². The van der Waals surface area contributed by atoms with Gasteiger partial charge in [-0.1, -0.05) is 58.2 Å². The van der Waals surface area contributed by atoms with Crippen molar-refractivity contribution in [2.75, 3.05) is 0 Å². The molecular weight excluding hydrogens is 376 g/mol. The Morgan fingerprint density at radius 2 is 1.48 bits per heavy atom. The first-order valence-corrected chi connectivity index (χ1v) is 12.6. The molecular formula is C30H50O. The predicted octanol–water partition coefficient (Wildman–Crippen LogP) is 9.41. The molecule has 0 aromatic carbocycles. The zero-order valence-corrected chi connectivity index (χ0v) is 21.7. The summed E-state index contributed by atoms with van der Waals surface area (Å²) in [6, 6.07) is 0. The summed E-state index contributed by atoms with van der Waals surface area (Å²) in [6.07, 6.45) is 23.6. The maximum absolute atomic E-state index is 11.4. The van der Waals surface area contributed by atoms with Gasteiger partial charge in [0.25, 0.3) is 0 Å². The maximum Gasteiger partial charge on any atom is 0.0653 e. The number of rotatable bonds is 7. The molecule has 31 heavy (non-hydrogen) atoms. The predicted molar refractivity (Wildman–Crippen MR) is 139 cm³/mol. The lowest BCUT2D eigenvalue weighted by Crippen LogP contribution is -2.34. The van der Waals surface area contributed by atoms with Crippen molar-refractivity contribution in [1.29, 1.82) is 0 Å². The van der Waals surface area contributed by atoms with Crippen LogP contribution in [0.15, 0.2) is 58.2 Å². The molecule has 1 heteroatoms. The topological polar surface area (TPSA) is 20.2 Å². The summed E-state index contributed by atoms with van der Waals surface area (Å²) in [5, 5.41) is 11.4. The number of hydrogen-bond acceptors (Lipinski definition) is 1. The molecule has 0 radical (unpaired) electrons. The van der Waals surface area contributed by atoms with Gasteiger partial charge in [0.05, 0.1) is 5.60 Å². The monoisotopic (exact) mass is 426 g/mol. The van der Waals surface area contributed by atoms with Crippen molar-refractivity contribution in [3.05, 3.63) is 58.2 Å². The average Bonchev–Trinajstić information content (AvgIpc) is 2.66. The van der Waals surface area contributed by atoms with Crippen molar-refractivity contribution >= 4 is 0 Å². The summed E-state index contributed by atoms with van der Waals surface area (Å²) >= 11 is 0. The molecule has 0 amide bonds. The molecule has 1 aliphatic carbocycles. The summed E-state index contributed by atoms with van der Waals surface area (Å²) in [7, 11) is 0. The van der Waals surface area contributed by atoms with Gasteiger partial charge in [-0.3, -0.25) is 0 Å². The van der Waals surface area contributed by atoms with Crippen LogP contribution < -0.4 is 0 Å². The first kappa shape index (κ1) is 27.7. The highest BCUT2D eigenvalue weighted by Gasteiger charge is 2.30. The van der Waals surface area contributed by atoms with E-state index in [1.165, 1.54) is 34.3 Å². The maximum atomic E-state index is 11.4. The third-order valence-corrected chi connectivity index (χ3v) is 6.81. The Bertz CT molecular complexity index is 677. The van der Waals surface area contributed by atoms with Crippen molar-refractivity contribution in [1.82, 2.24) is 0 Å². The molecule has 0 aromatic heterocycles. The second-order valence-electron chi connectivity index (χ2n) is 10.5. The van der Waals surface area contributed by atoms with E-state index in [0.717, 1.165) is 64.2 Å². The standard InChI is InChI=1S/C30H50O/c1-24(2)12-8-13-26(4)18-11-23-30(7,31)29-21-19-27(5)16-9-14-25(3)15-10-17-28(6)20-22-29/h12,14,17-19,29,31H,8-11,13,15-16,20-23H2,1-7H3/b25-14+,26-18+,27-19+,28-17+/t29-,30-/m0/s1. The van der Waals surface area contributed by atoms with E-state index in [9.17, 15) is 5.11 Å². The highest BCUT2D eigenvalue weighted by atomic mass is 16.3. The zero-order chi connectivity index (χ0) is 23.3. The fourth-order valence-corrected chi connectivity index (χ4v) is 4.33. The van der Waals surface area contributed by atoms with Crippen molar-refractivity contribution in [2.24, 2.45) is 5.92 Å². The quantitative estimate of drug-likeness (QED) is 0.402. The van der Waals surface area contributed by atoms with Gasteiger partial charge in [0.1, 0.15) is 0 Å². The molecule has 2 atom stereocenters. The van der Waals surface area contributed by atoms with Crippen LogP contribution in [0.3, 0.4) is 0 Å². The van der Waals surface area contributed by atoms with Crippen LogP contribution in [0.2, 0.25) is 0 Å². The second-order valence-corrected chi connectivity index (χ2v) is 10.5. The molecule has 0 saturated heterocycles. The summed E-state index contributed by atoms with van der Waals surface area (Å²) < 4.78 is 0. The largest absolute Gasteiger partial charge is 0.390 e. The van der Waals surface area contributed by atoms with Crippen LogP contribution in [0.25, 0.3) is 0 Å². The SMILES string of the molecule is CC(C)=CCC/C(C)=C/CC[C@](C)(O)[C@H]1C/C=C(\C)CC/C=C(\C)CC/C=C(\C)CC1. The van der Waals surface area contributed by atoms with Gasteiger partial charge in [-0.05, 0) is 125 Å². The first-order valence-electron chi connectivity index (χ1n) is 12.6. The fraction of sp³-hybridized carbons (Fsp3) is 0.667. The summed E-state index contributed by atoms with van der Waals surface area (Å²) in [6.45, 7) is 15.4. The minimum Gasteiger partial charge on any atom is -0.390 e. The van der Waals surface area contributed by atoms with Gasteiger partial charge < -0.3 is 5.11 Å². The van der Waals surface area contributed by atoms with Gasteiger partial charge in [-0.2, -0.15) is 0 Å². The molecule has 1 rings (SSSR count). The number of allylic oxidation sites excluding steroid dienone is 10. The first-order chi connectivity index (χ1) is 14.6. The van der Waals surface area contributed by atoms with Crippen LogP contribution in [-0.4, -0.2) is 10.7 Å². The molecule has 0 aromatic rings. The molecule has 0 unspecified atom stereocenters. The summed E-state index contributed by atoms with van der Waals surface area (Å²) in [5.74, 6) is 0.311. The Balaban J connectivity index is 2.79. The van der Waals surface area contributed by atoms with E-state index in [4.69, 9.17) is 0 Å². The van der Waals surface area contributed by atoms with Gasteiger partial charge in [0.15, 0.2) is 0 Å². The Hall–Kier alpha value is -1.34. The molecule has 0 heterocycles.